The Morgan fingerprint density at radius 3 is 2.52 bits per heavy atom. The zero-order chi connectivity index (χ0) is 23.7. The lowest BCUT2D eigenvalue weighted by molar-refractivity contribution is -0.527. The van der Waals surface area contributed by atoms with Crippen LogP contribution in [-0.2, 0) is 14.3 Å². The molecule has 0 aliphatic carbocycles. The molecule has 3 heterocycles. The van der Waals surface area contributed by atoms with Crippen LogP contribution in [0, 0.1) is 5.82 Å². The number of carbonyl (C=O) groups excluding carboxylic acids is 3. The Labute approximate surface area is 191 Å². The Bertz CT molecular complexity index is 1030. The first-order valence-corrected chi connectivity index (χ1v) is 11.0. The number of benzene rings is 1. The minimum Gasteiger partial charge on any atom is -0.463 e. The number of anilines is 1. The molecule has 33 heavy (non-hydrogen) atoms. The highest BCUT2D eigenvalue weighted by Gasteiger charge is 2.53. The summed E-state index contributed by atoms with van der Waals surface area (Å²) in [5.74, 6) is -0.299. The first-order chi connectivity index (χ1) is 15.8. The highest BCUT2D eigenvalue weighted by atomic mass is 19.1. The van der Waals surface area contributed by atoms with Crippen molar-refractivity contribution in [2.45, 2.75) is 13.0 Å². The van der Waals surface area contributed by atoms with Gasteiger partial charge in [0.25, 0.3) is 17.8 Å². The van der Waals surface area contributed by atoms with E-state index < -0.39 is 23.9 Å². The van der Waals surface area contributed by atoms with Gasteiger partial charge in [0.2, 0.25) is 0 Å². The third-order valence-electron chi connectivity index (χ3n) is 6.15. The van der Waals surface area contributed by atoms with Gasteiger partial charge in [-0.15, -0.1) is 0 Å². The molecule has 11 heteroatoms. The fourth-order valence-corrected chi connectivity index (χ4v) is 4.36. The van der Waals surface area contributed by atoms with Gasteiger partial charge in [-0.2, -0.15) is 0 Å². The van der Waals surface area contributed by atoms with Crippen LogP contribution in [0.5, 0.6) is 0 Å². The lowest BCUT2D eigenvalue weighted by atomic mass is 10.1. The Morgan fingerprint density at radius 2 is 1.85 bits per heavy atom. The molecule has 10 nitrogen and oxygen atoms in total. The average Bonchev–Trinajstić information content (AvgIpc) is 3.15. The van der Waals surface area contributed by atoms with Gasteiger partial charge in [-0.25, -0.2) is 18.6 Å². The van der Waals surface area contributed by atoms with E-state index >= 15 is 0 Å². The van der Waals surface area contributed by atoms with Crippen LogP contribution in [0.2, 0.25) is 0 Å². The summed E-state index contributed by atoms with van der Waals surface area (Å²) in [6.45, 7) is 4.77. The quantitative estimate of drug-likeness (QED) is 0.447. The number of amides is 3. The van der Waals surface area contributed by atoms with E-state index in [1.54, 1.807) is 30.7 Å². The van der Waals surface area contributed by atoms with Crippen molar-refractivity contribution < 1.29 is 28.1 Å². The van der Waals surface area contributed by atoms with Gasteiger partial charge in [-0.1, -0.05) is 12.1 Å². The number of fused-ring (bicyclic) bond motifs is 1. The van der Waals surface area contributed by atoms with E-state index in [1.165, 1.54) is 18.0 Å². The van der Waals surface area contributed by atoms with E-state index in [2.05, 4.69) is 9.89 Å². The van der Waals surface area contributed by atoms with E-state index in [-0.39, 0.29) is 19.0 Å². The molecule has 0 aromatic heterocycles. The number of carbonyl (C=O) groups is 3. The van der Waals surface area contributed by atoms with E-state index in [4.69, 9.17) is 4.74 Å². The number of para-hydroxylation sites is 1. The lowest BCUT2D eigenvalue weighted by Gasteiger charge is -2.35. The molecule has 0 spiro atoms. The molecule has 3 amide bonds. The number of urea groups is 1. The minimum atomic E-state index is -0.850. The number of esters is 1. The zero-order valence-electron chi connectivity index (χ0n) is 19.0. The van der Waals surface area contributed by atoms with Crippen LogP contribution in [0.4, 0.5) is 14.9 Å². The van der Waals surface area contributed by atoms with Crippen LogP contribution in [0.3, 0.4) is 0 Å². The molecule has 1 aromatic rings. The van der Waals surface area contributed by atoms with Crippen molar-refractivity contribution >= 4 is 35.3 Å². The molecule has 176 valence electrons. The van der Waals surface area contributed by atoms with Crippen LogP contribution in [0.25, 0.3) is 0 Å². The lowest BCUT2D eigenvalue weighted by Crippen LogP contribution is -2.62. The number of amidine groups is 2. The maximum atomic E-state index is 14.1. The zero-order valence-corrected chi connectivity index (χ0v) is 19.0. The number of ether oxygens (including phenoxy) is 1. The molecule has 2 saturated heterocycles. The second-order valence-electron chi connectivity index (χ2n) is 8.18. The summed E-state index contributed by atoms with van der Waals surface area (Å²) in [6.07, 6.45) is 0. The number of likely N-dealkylation sites (N-methyl/N-ethyl adjacent to an activating group) is 2. The Morgan fingerprint density at radius 1 is 1.15 bits per heavy atom. The first-order valence-electron chi connectivity index (χ1n) is 11.0. The first kappa shape index (κ1) is 22.8. The van der Waals surface area contributed by atoms with Crippen molar-refractivity contribution in [3.05, 3.63) is 30.1 Å². The Kier molecular flexibility index (Phi) is 6.41. The van der Waals surface area contributed by atoms with Crippen molar-refractivity contribution in [3.8, 4) is 0 Å². The number of halogens is 1. The topological polar surface area (TPSA) is 88.8 Å². The molecule has 4 rings (SSSR count). The van der Waals surface area contributed by atoms with Crippen molar-refractivity contribution in [1.82, 2.24) is 14.7 Å². The number of hydrogen-bond acceptors (Lipinski definition) is 7. The highest BCUT2D eigenvalue weighted by Crippen LogP contribution is 2.22. The third kappa shape index (κ3) is 4.32. The van der Waals surface area contributed by atoms with Gasteiger partial charge >= 0.3 is 17.8 Å². The molecule has 1 unspecified atom stereocenters. The summed E-state index contributed by atoms with van der Waals surface area (Å²) in [5.41, 5.74) is 0.578. The van der Waals surface area contributed by atoms with Gasteiger partial charge in [-0.05, 0) is 24.0 Å². The number of aliphatic imine (C=N–C) groups is 1. The second kappa shape index (κ2) is 9.26. The molecule has 2 fully saturated rings. The van der Waals surface area contributed by atoms with Crippen LogP contribution in [0.15, 0.2) is 29.3 Å². The molecule has 0 bridgehead atoms. The number of hydrogen-bond donors (Lipinski definition) is 0. The molecule has 1 atom stereocenters. The normalized spacial score (nSPS) is 21.5. The number of imide groups is 1. The van der Waals surface area contributed by atoms with Crippen molar-refractivity contribution in [3.63, 3.8) is 0 Å². The smallest absolute Gasteiger partial charge is 0.348 e. The van der Waals surface area contributed by atoms with Gasteiger partial charge in [0.1, 0.15) is 12.4 Å². The summed E-state index contributed by atoms with van der Waals surface area (Å²) >= 11 is 0. The van der Waals surface area contributed by atoms with Gasteiger partial charge in [0.05, 0.1) is 12.3 Å². The van der Waals surface area contributed by atoms with Crippen LogP contribution < -0.4 is 4.90 Å². The summed E-state index contributed by atoms with van der Waals surface area (Å²) in [4.78, 5) is 48.7. The minimum absolute atomic E-state index is 0.141. The molecule has 3 aliphatic heterocycles. The van der Waals surface area contributed by atoms with Crippen molar-refractivity contribution in [1.29, 1.82) is 0 Å². The summed E-state index contributed by atoms with van der Waals surface area (Å²) in [6, 6.07) is 5.39. The van der Waals surface area contributed by atoms with Crippen molar-refractivity contribution in [2.24, 2.45) is 4.99 Å². The fourth-order valence-electron chi connectivity index (χ4n) is 4.36. The van der Waals surface area contributed by atoms with E-state index in [0.29, 0.717) is 50.1 Å². The summed E-state index contributed by atoms with van der Waals surface area (Å²) in [5, 5.41) is 0. The van der Waals surface area contributed by atoms with Crippen LogP contribution >= 0.6 is 0 Å². The largest absolute Gasteiger partial charge is 0.463 e. The molecular weight excluding hydrogens is 431 g/mol. The monoisotopic (exact) mass is 459 g/mol. The highest BCUT2D eigenvalue weighted by molar-refractivity contribution is 6.23. The fraction of sp³-hybridized carbons (Fsp3) is 0.500. The SMILES string of the molecule is CCOC(=O)C[N+]1=C(CN2CCN(c3ccccc3F)CC2)N=C2C1C(=O)N(C)C(=O)N2C. The van der Waals surface area contributed by atoms with Gasteiger partial charge in [-0.3, -0.25) is 19.5 Å². The maximum absolute atomic E-state index is 14.1. The Hall–Kier alpha value is -3.34. The number of rotatable bonds is 6. The maximum Gasteiger partial charge on any atom is 0.348 e. The molecule has 0 radical (unpaired) electrons. The predicted octanol–water partition coefficient (Wildman–Crippen LogP) is 0.226. The predicted molar refractivity (Wildman–Crippen MR) is 119 cm³/mol. The second-order valence-corrected chi connectivity index (χ2v) is 8.18. The van der Waals surface area contributed by atoms with Crippen LogP contribution in [-0.4, -0.2) is 115 Å². The molecular formula is C22H28FN6O4+. The average molecular weight is 460 g/mol. The van der Waals surface area contributed by atoms with Gasteiger partial charge in [0.15, 0.2) is 6.54 Å². The number of nitrogens with zero attached hydrogens (tertiary/aromatic N) is 6. The number of piperazine rings is 1. The molecule has 3 aliphatic rings. The molecule has 0 saturated carbocycles. The van der Waals surface area contributed by atoms with E-state index in [0.717, 1.165) is 4.90 Å². The summed E-state index contributed by atoms with van der Waals surface area (Å²) in [7, 11) is 2.98. The third-order valence-corrected chi connectivity index (χ3v) is 6.15. The van der Waals surface area contributed by atoms with Crippen molar-refractivity contribution in [2.75, 3.05) is 64.9 Å². The molecule has 0 N–H and O–H groups in total. The van der Waals surface area contributed by atoms with Crippen LogP contribution in [0.1, 0.15) is 6.92 Å². The van der Waals surface area contributed by atoms with Gasteiger partial charge in [0, 0.05) is 40.3 Å². The van der Waals surface area contributed by atoms with E-state index in [9.17, 15) is 18.8 Å². The molecule has 1 aromatic carbocycles. The summed E-state index contributed by atoms with van der Waals surface area (Å²) < 4.78 is 20.9. The van der Waals surface area contributed by atoms with Gasteiger partial charge < -0.3 is 9.64 Å². The Balaban J connectivity index is 1.54. The van der Waals surface area contributed by atoms with E-state index in [1.807, 2.05) is 11.0 Å². The standard InChI is InChI=1S/C22H28FN6O4/c1-4-33-18(30)14-29-17(24-20-19(29)21(31)26(3)22(32)25(20)2)13-27-9-11-28(12-10-27)16-8-6-5-7-15(16)23/h5-8,19H,4,9-14H2,1-3H3/q+1.